The van der Waals surface area contributed by atoms with Crippen molar-refractivity contribution in [3.8, 4) is 0 Å². The summed E-state index contributed by atoms with van der Waals surface area (Å²) in [6.07, 6.45) is 5.10. The molecule has 1 heterocycles. The van der Waals surface area contributed by atoms with E-state index in [-0.39, 0.29) is 0 Å². The van der Waals surface area contributed by atoms with E-state index in [0.29, 0.717) is 17.4 Å². The van der Waals surface area contributed by atoms with Crippen molar-refractivity contribution in [2.75, 3.05) is 13.2 Å². The van der Waals surface area contributed by atoms with E-state index in [1.54, 1.807) is 0 Å². The van der Waals surface area contributed by atoms with Crippen LogP contribution in [0.25, 0.3) is 0 Å². The Bertz CT molecular complexity index is 174. The molecule has 1 aliphatic carbocycles. The van der Waals surface area contributed by atoms with Gasteiger partial charge in [0.25, 0.3) is 0 Å². The fraction of sp³-hybridized carbons (Fsp3) is 1.00. The maximum atomic E-state index is 5.62. The number of hydrogen-bond acceptors (Lipinski definition) is 3. The summed E-state index contributed by atoms with van der Waals surface area (Å²) in [7, 11) is 0. The topological polar surface area (TPSA) is 47.3 Å². The molecule has 3 N–H and O–H groups in total. The molecule has 0 amide bonds. The van der Waals surface area contributed by atoms with Crippen LogP contribution in [0.1, 0.15) is 32.6 Å². The quantitative estimate of drug-likeness (QED) is 0.509. The zero-order valence-corrected chi connectivity index (χ0v) is 8.38. The normalized spacial score (nSPS) is 34.2. The lowest BCUT2D eigenvalue weighted by Gasteiger charge is -2.33. The zero-order chi connectivity index (χ0) is 9.31. The van der Waals surface area contributed by atoms with Gasteiger partial charge in [0.15, 0.2) is 0 Å². The molecule has 3 nitrogen and oxygen atoms in total. The van der Waals surface area contributed by atoms with Crippen molar-refractivity contribution in [3.63, 3.8) is 0 Å². The van der Waals surface area contributed by atoms with Crippen LogP contribution in [0.15, 0.2) is 0 Å². The highest BCUT2D eigenvalue weighted by Gasteiger charge is 2.47. The van der Waals surface area contributed by atoms with Gasteiger partial charge in [-0.15, -0.1) is 0 Å². The first-order chi connectivity index (χ1) is 6.26. The molecule has 0 aromatic rings. The van der Waals surface area contributed by atoms with Crippen LogP contribution in [0.2, 0.25) is 0 Å². The van der Waals surface area contributed by atoms with E-state index in [1.165, 1.54) is 25.7 Å². The van der Waals surface area contributed by atoms with Crippen molar-refractivity contribution in [1.82, 2.24) is 5.43 Å². The number of rotatable bonds is 3. The summed E-state index contributed by atoms with van der Waals surface area (Å²) in [6, 6.07) is 0.466. The van der Waals surface area contributed by atoms with Gasteiger partial charge in [-0.05, 0) is 37.0 Å². The summed E-state index contributed by atoms with van der Waals surface area (Å²) in [6.45, 7) is 4.15. The Labute approximate surface area is 80.0 Å². The summed E-state index contributed by atoms with van der Waals surface area (Å²) < 4.78 is 5.49. The smallest absolute Gasteiger partial charge is 0.0509 e. The van der Waals surface area contributed by atoms with Crippen LogP contribution < -0.4 is 11.3 Å². The fourth-order valence-electron chi connectivity index (χ4n) is 2.44. The van der Waals surface area contributed by atoms with E-state index < -0.39 is 0 Å². The second-order valence-electron chi connectivity index (χ2n) is 4.78. The lowest BCUT2D eigenvalue weighted by Crippen LogP contribution is -2.48. The second-order valence-corrected chi connectivity index (χ2v) is 4.78. The molecule has 2 fully saturated rings. The molecule has 1 aliphatic heterocycles. The van der Waals surface area contributed by atoms with E-state index in [0.717, 1.165) is 13.2 Å². The number of ether oxygens (including phenoxy) is 1. The third-order valence-corrected chi connectivity index (χ3v) is 3.64. The molecule has 2 rings (SSSR count). The van der Waals surface area contributed by atoms with Gasteiger partial charge in [0.05, 0.1) is 6.61 Å². The molecule has 0 bridgehead atoms. The van der Waals surface area contributed by atoms with E-state index in [4.69, 9.17) is 10.6 Å². The first-order valence-corrected chi connectivity index (χ1v) is 5.30. The highest BCUT2D eigenvalue weighted by molar-refractivity contribution is 5.01. The van der Waals surface area contributed by atoms with E-state index >= 15 is 0 Å². The van der Waals surface area contributed by atoms with Crippen LogP contribution in [0.3, 0.4) is 0 Å². The molecule has 0 aromatic carbocycles. The molecular formula is C10H20N2O. The van der Waals surface area contributed by atoms with Gasteiger partial charge in [0.2, 0.25) is 0 Å². The number of hydrazine groups is 1. The van der Waals surface area contributed by atoms with Gasteiger partial charge < -0.3 is 4.74 Å². The molecule has 2 atom stereocenters. The van der Waals surface area contributed by atoms with E-state index in [9.17, 15) is 0 Å². The van der Waals surface area contributed by atoms with E-state index in [2.05, 4.69) is 12.3 Å². The van der Waals surface area contributed by atoms with Crippen molar-refractivity contribution in [2.24, 2.45) is 17.2 Å². The van der Waals surface area contributed by atoms with Crippen molar-refractivity contribution < 1.29 is 4.74 Å². The Kier molecular flexibility index (Phi) is 2.58. The van der Waals surface area contributed by atoms with Gasteiger partial charge in [0.1, 0.15) is 0 Å². The minimum Gasteiger partial charge on any atom is -0.381 e. The Morgan fingerprint density at radius 1 is 1.54 bits per heavy atom. The monoisotopic (exact) mass is 184 g/mol. The van der Waals surface area contributed by atoms with Gasteiger partial charge in [-0.3, -0.25) is 11.3 Å². The summed E-state index contributed by atoms with van der Waals surface area (Å²) in [4.78, 5) is 0. The van der Waals surface area contributed by atoms with Crippen molar-refractivity contribution in [2.45, 2.75) is 38.6 Å². The number of nitrogens with one attached hydrogen (secondary N) is 1. The molecule has 0 aromatic heterocycles. The minimum absolute atomic E-state index is 0.458. The average Bonchev–Trinajstić information content (AvgIpc) is 2.87. The lowest BCUT2D eigenvalue weighted by atomic mass is 9.84. The van der Waals surface area contributed by atoms with E-state index in [1.807, 2.05) is 0 Å². The third-order valence-electron chi connectivity index (χ3n) is 3.64. The molecule has 2 unspecified atom stereocenters. The highest BCUT2D eigenvalue weighted by Crippen LogP contribution is 2.50. The molecule has 0 radical (unpaired) electrons. The number of hydrogen-bond donors (Lipinski definition) is 2. The standard InChI is InChI=1S/C10H20N2O/c1-10(4-5-10)9(12-11)8-3-2-6-13-7-8/h8-9,12H,2-7,11H2,1H3. The molecule has 1 saturated carbocycles. The van der Waals surface area contributed by atoms with Crippen molar-refractivity contribution >= 4 is 0 Å². The van der Waals surface area contributed by atoms with Crippen molar-refractivity contribution in [1.29, 1.82) is 0 Å². The minimum atomic E-state index is 0.458. The zero-order valence-electron chi connectivity index (χ0n) is 8.38. The molecule has 13 heavy (non-hydrogen) atoms. The predicted octanol–water partition coefficient (Wildman–Crippen LogP) is 1.04. The molecule has 3 heteroatoms. The molecule has 1 saturated heterocycles. The molecule has 0 spiro atoms. The number of nitrogens with two attached hydrogens (primary N) is 1. The van der Waals surface area contributed by atoms with Crippen LogP contribution in [-0.4, -0.2) is 19.3 Å². The van der Waals surface area contributed by atoms with Gasteiger partial charge >= 0.3 is 0 Å². The van der Waals surface area contributed by atoms with Crippen molar-refractivity contribution in [3.05, 3.63) is 0 Å². The van der Waals surface area contributed by atoms with Gasteiger partial charge in [-0.1, -0.05) is 6.92 Å². The molecular weight excluding hydrogens is 164 g/mol. The van der Waals surface area contributed by atoms with Crippen LogP contribution in [0.5, 0.6) is 0 Å². The first kappa shape index (κ1) is 9.44. The van der Waals surface area contributed by atoms with Gasteiger partial charge in [-0.2, -0.15) is 0 Å². The maximum absolute atomic E-state index is 5.62. The molecule has 2 aliphatic rings. The Hall–Kier alpha value is -0.120. The van der Waals surface area contributed by atoms with Crippen LogP contribution in [0, 0.1) is 11.3 Å². The summed E-state index contributed by atoms with van der Waals surface area (Å²) in [5.41, 5.74) is 3.45. The van der Waals surface area contributed by atoms with Crippen LogP contribution >= 0.6 is 0 Å². The maximum Gasteiger partial charge on any atom is 0.0509 e. The predicted molar refractivity (Wildman–Crippen MR) is 52.0 cm³/mol. The first-order valence-electron chi connectivity index (χ1n) is 5.30. The van der Waals surface area contributed by atoms with Crippen LogP contribution in [0.4, 0.5) is 0 Å². The largest absolute Gasteiger partial charge is 0.381 e. The fourth-order valence-corrected chi connectivity index (χ4v) is 2.44. The lowest BCUT2D eigenvalue weighted by molar-refractivity contribution is 0.0272. The summed E-state index contributed by atoms with van der Waals surface area (Å²) >= 11 is 0. The second kappa shape index (κ2) is 3.56. The summed E-state index contributed by atoms with van der Waals surface area (Å²) in [5, 5.41) is 0. The SMILES string of the molecule is CC1(C(NN)C2CCCOC2)CC1. The summed E-state index contributed by atoms with van der Waals surface area (Å²) in [5.74, 6) is 6.25. The van der Waals surface area contributed by atoms with Gasteiger partial charge in [0, 0.05) is 12.6 Å². The highest BCUT2D eigenvalue weighted by atomic mass is 16.5. The Balaban J connectivity index is 1.94. The molecule has 76 valence electrons. The third kappa shape index (κ3) is 1.87. The Morgan fingerprint density at radius 3 is 2.77 bits per heavy atom. The van der Waals surface area contributed by atoms with Gasteiger partial charge in [-0.25, -0.2) is 0 Å². The Morgan fingerprint density at radius 2 is 2.31 bits per heavy atom. The van der Waals surface area contributed by atoms with Crippen LogP contribution in [-0.2, 0) is 4.74 Å². The average molecular weight is 184 g/mol.